The molecule has 0 aromatic heterocycles. The van der Waals surface area contributed by atoms with Gasteiger partial charge in [0.05, 0.1) is 0 Å². The van der Waals surface area contributed by atoms with Crippen LogP contribution in [0.3, 0.4) is 0 Å². The first-order chi connectivity index (χ1) is 4.19. The van der Waals surface area contributed by atoms with E-state index in [0.717, 1.165) is 6.42 Å². The second-order valence-electron chi connectivity index (χ2n) is 3.17. The van der Waals surface area contributed by atoms with E-state index in [1.54, 1.807) is 0 Å². The summed E-state index contributed by atoms with van der Waals surface area (Å²) in [7, 11) is 0. The normalized spacial score (nSPS) is 24.6. The molecule has 1 unspecified atom stereocenters. The lowest BCUT2D eigenvalue weighted by Gasteiger charge is -2.14. The van der Waals surface area contributed by atoms with Gasteiger partial charge in [0.2, 0.25) is 0 Å². The number of rotatable bonds is 2. The van der Waals surface area contributed by atoms with E-state index < -0.39 is 0 Å². The molecule has 0 radical (unpaired) electrons. The molecule has 0 bridgehead atoms. The summed E-state index contributed by atoms with van der Waals surface area (Å²) in [4.78, 5) is 0. The van der Waals surface area contributed by atoms with Crippen molar-refractivity contribution < 1.29 is 0 Å². The van der Waals surface area contributed by atoms with Gasteiger partial charge in [-0.3, -0.25) is 0 Å². The highest BCUT2D eigenvalue weighted by Crippen LogP contribution is 2.47. The third kappa shape index (κ3) is 1.25. The van der Waals surface area contributed by atoms with Crippen LogP contribution in [0, 0.1) is 17.8 Å². The van der Waals surface area contributed by atoms with Crippen molar-refractivity contribution in [2.45, 2.75) is 32.2 Å². The minimum Gasteiger partial charge on any atom is -0.326 e. The predicted octanol–water partition coefficient (Wildman–Crippen LogP) is 1.14. The van der Waals surface area contributed by atoms with E-state index >= 15 is 0 Å². The first-order valence-corrected chi connectivity index (χ1v) is 3.38. The number of hydrogen-bond acceptors (Lipinski definition) is 1. The fourth-order valence-corrected chi connectivity index (χ4v) is 0.941. The first-order valence-electron chi connectivity index (χ1n) is 3.38. The van der Waals surface area contributed by atoms with Crippen LogP contribution in [0.4, 0.5) is 0 Å². The largest absolute Gasteiger partial charge is 0.326 e. The molecule has 1 nitrogen and oxygen atoms in total. The maximum Gasteiger partial charge on any atom is 0.0243 e. The highest BCUT2D eigenvalue weighted by molar-refractivity contribution is 5.02. The summed E-state index contributed by atoms with van der Waals surface area (Å²) >= 11 is 0. The topological polar surface area (TPSA) is 26.0 Å². The van der Waals surface area contributed by atoms with Crippen LogP contribution in [-0.4, -0.2) is 6.04 Å². The van der Waals surface area contributed by atoms with Gasteiger partial charge in [-0.05, 0) is 18.3 Å². The van der Waals surface area contributed by atoms with Gasteiger partial charge in [-0.2, -0.15) is 0 Å². The number of nitrogens with two attached hydrogens (primary N) is 1. The standard InChI is InChI=1S/C8H13N/c1-3-4-7(9)8(2)5-6-8/h1,7H,4-6,9H2,2H3. The van der Waals surface area contributed by atoms with Crippen molar-refractivity contribution in [1.29, 1.82) is 0 Å². The van der Waals surface area contributed by atoms with Gasteiger partial charge in [-0.15, -0.1) is 12.3 Å². The molecule has 0 aromatic carbocycles. The Labute approximate surface area is 56.6 Å². The summed E-state index contributed by atoms with van der Waals surface area (Å²) in [6.45, 7) is 2.20. The second-order valence-corrected chi connectivity index (χ2v) is 3.17. The molecule has 50 valence electrons. The molecular formula is C8H13N. The predicted molar refractivity (Wildman–Crippen MR) is 38.8 cm³/mol. The quantitative estimate of drug-likeness (QED) is 0.547. The van der Waals surface area contributed by atoms with E-state index in [2.05, 4.69) is 12.8 Å². The van der Waals surface area contributed by atoms with Crippen LogP contribution in [-0.2, 0) is 0 Å². The van der Waals surface area contributed by atoms with Crippen molar-refractivity contribution in [3.05, 3.63) is 0 Å². The molecule has 9 heavy (non-hydrogen) atoms. The number of hydrogen-bond donors (Lipinski definition) is 1. The number of terminal acetylenes is 1. The minimum atomic E-state index is 0.238. The van der Waals surface area contributed by atoms with Crippen LogP contribution in [0.5, 0.6) is 0 Å². The maximum absolute atomic E-state index is 5.78. The molecule has 1 heteroatoms. The molecule has 0 amide bonds. The van der Waals surface area contributed by atoms with Gasteiger partial charge in [0.1, 0.15) is 0 Å². The zero-order valence-corrected chi connectivity index (χ0v) is 5.85. The Balaban J connectivity index is 2.35. The molecule has 1 atom stereocenters. The second kappa shape index (κ2) is 2.04. The van der Waals surface area contributed by atoms with E-state index in [9.17, 15) is 0 Å². The van der Waals surface area contributed by atoms with Gasteiger partial charge in [-0.25, -0.2) is 0 Å². The van der Waals surface area contributed by atoms with Crippen LogP contribution in [0.25, 0.3) is 0 Å². The maximum atomic E-state index is 5.78. The van der Waals surface area contributed by atoms with Gasteiger partial charge in [0.25, 0.3) is 0 Å². The lowest BCUT2D eigenvalue weighted by molar-refractivity contribution is 0.443. The van der Waals surface area contributed by atoms with Gasteiger partial charge >= 0.3 is 0 Å². The Hall–Kier alpha value is -0.480. The van der Waals surface area contributed by atoms with Crippen molar-refractivity contribution in [3.63, 3.8) is 0 Å². The fraction of sp³-hybridized carbons (Fsp3) is 0.750. The molecule has 0 saturated heterocycles. The lowest BCUT2D eigenvalue weighted by Crippen LogP contribution is -2.28. The summed E-state index contributed by atoms with van der Waals surface area (Å²) in [6, 6.07) is 0.238. The first kappa shape index (κ1) is 6.64. The molecule has 0 heterocycles. The van der Waals surface area contributed by atoms with Crippen molar-refractivity contribution in [1.82, 2.24) is 0 Å². The highest BCUT2D eigenvalue weighted by Gasteiger charge is 2.42. The summed E-state index contributed by atoms with van der Waals surface area (Å²) in [6.07, 6.45) is 8.38. The Morgan fingerprint density at radius 3 is 2.67 bits per heavy atom. The van der Waals surface area contributed by atoms with Crippen molar-refractivity contribution in [3.8, 4) is 12.3 Å². The average molecular weight is 123 g/mol. The molecule has 0 aromatic rings. The van der Waals surface area contributed by atoms with Gasteiger partial charge in [0, 0.05) is 12.5 Å². The Kier molecular flexibility index (Phi) is 1.50. The molecule has 1 aliphatic rings. The smallest absolute Gasteiger partial charge is 0.0243 e. The van der Waals surface area contributed by atoms with Crippen molar-refractivity contribution >= 4 is 0 Å². The third-order valence-electron chi connectivity index (χ3n) is 2.27. The van der Waals surface area contributed by atoms with Gasteiger partial charge in [-0.1, -0.05) is 6.92 Å². The molecule has 1 aliphatic carbocycles. The Morgan fingerprint density at radius 2 is 2.33 bits per heavy atom. The summed E-state index contributed by atoms with van der Waals surface area (Å²) in [5, 5.41) is 0. The summed E-state index contributed by atoms with van der Waals surface area (Å²) in [5.41, 5.74) is 6.18. The third-order valence-corrected chi connectivity index (χ3v) is 2.27. The van der Waals surface area contributed by atoms with Crippen LogP contribution in [0.2, 0.25) is 0 Å². The van der Waals surface area contributed by atoms with E-state index in [4.69, 9.17) is 12.2 Å². The Morgan fingerprint density at radius 1 is 1.78 bits per heavy atom. The van der Waals surface area contributed by atoms with E-state index in [1.165, 1.54) is 12.8 Å². The zero-order chi connectivity index (χ0) is 6.91. The van der Waals surface area contributed by atoms with Crippen LogP contribution in [0.15, 0.2) is 0 Å². The Bertz CT molecular complexity index is 139. The molecule has 0 aliphatic heterocycles. The van der Waals surface area contributed by atoms with Crippen LogP contribution >= 0.6 is 0 Å². The lowest BCUT2D eigenvalue weighted by atomic mass is 9.97. The summed E-state index contributed by atoms with van der Waals surface area (Å²) in [5.74, 6) is 2.59. The SMILES string of the molecule is C#CCC(N)C1(C)CC1. The summed E-state index contributed by atoms with van der Waals surface area (Å²) < 4.78 is 0. The van der Waals surface area contributed by atoms with E-state index in [-0.39, 0.29) is 6.04 Å². The highest BCUT2D eigenvalue weighted by atomic mass is 14.7. The molecular weight excluding hydrogens is 110 g/mol. The molecule has 1 rings (SSSR count). The van der Waals surface area contributed by atoms with Crippen LogP contribution < -0.4 is 5.73 Å². The monoisotopic (exact) mass is 123 g/mol. The molecule has 0 spiro atoms. The molecule has 1 fully saturated rings. The van der Waals surface area contributed by atoms with E-state index in [1.807, 2.05) is 0 Å². The van der Waals surface area contributed by atoms with Crippen LogP contribution in [0.1, 0.15) is 26.2 Å². The van der Waals surface area contributed by atoms with Gasteiger partial charge in [0.15, 0.2) is 0 Å². The molecule has 2 N–H and O–H groups in total. The van der Waals surface area contributed by atoms with Crippen molar-refractivity contribution in [2.24, 2.45) is 11.1 Å². The average Bonchev–Trinajstić information content (AvgIpc) is 2.50. The minimum absolute atomic E-state index is 0.238. The molecule has 1 saturated carbocycles. The zero-order valence-electron chi connectivity index (χ0n) is 5.85. The van der Waals surface area contributed by atoms with Crippen molar-refractivity contribution in [2.75, 3.05) is 0 Å². The fourth-order valence-electron chi connectivity index (χ4n) is 0.941. The van der Waals surface area contributed by atoms with E-state index in [0.29, 0.717) is 5.41 Å². The van der Waals surface area contributed by atoms with Gasteiger partial charge < -0.3 is 5.73 Å².